The van der Waals surface area contributed by atoms with Gasteiger partial charge in [-0.15, -0.1) is 5.54 Å². The van der Waals surface area contributed by atoms with Gasteiger partial charge in [-0.05, 0) is 66.2 Å². The zero-order valence-corrected chi connectivity index (χ0v) is 29.1. The van der Waals surface area contributed by atoms with E-state index in [0.29, 0.717) is 58.4 Å². The molecule has 0 aromatic heterocycles. The maximum Gasteiger partial charge on any atom is 0.129 e. The van der Waals surface area contributed by atoms with Crippen molar-refractivity contribution < 1.29 is 18.9 Å². The van der Waals surface area contributed by atoms with E-state index in [4.69, 9.17) is 24.2 Å². The number of nitrogens with zero attached hydrogens (tertiary/aromatic N) is 3. The number of ether oxygens (including phenoxy) is 4. The molecule has 7 nitrogen and oxygen atoms in total. The van der Waals surface area contributed by atoms with Crippen molar-refractivity contribution in [2.45, 2.75) is 26.2 Å². The fourth-order valence-corrected chi connectivity index (χ4v) is 5.28. The van der Waals surface area contributed by atoms with E-state index in [1.165, 1.54) is 0 Å². The molecule has 1 heterocycles. The van der Waals surface area contributed by atoms with Crippen LogP contribution < -0.4 is 4.90 Å². The summed E-state index contributed by atoms with van der Waals surface area (Å²) < 4.78 is 23.6. The number of nitriles is 1. The molecule has 3 aromatic rings. The lowest BCUT2D eigenvalue weighted by atomic mass is 10.1. The first-order valence-corrected chi connectivity index (χ1v) is 19.9. The SMILES string of the molecule is C[Si](C)(C)C#Cc1ccc(C#Cc2ccc(N3CCOCCOCCN(Cc4ccc(C#N)cc4)CCOCCOCC3)cc2)cc1. The minimum Gasteiger partial charge on any atom is -0.378 e. The fourth-order valence-electron chi connectivity index (χ4n) is 4.76. The van der Waals surface area contributed by atoms with Gasteiger partial charge < -0.3 is 23.8 Å². The van der Waals surface area contributed by atoms with Crippen molar-refractivity contribution in [2.75, 3.05) is 83.9 Å². The van der Waals surface area contributed by atoms with E-state index in [1.54, 1.807) is 0 Å². The minimum atomic E-state index is -1.39. The predicted molar refractivity (Wildman–Crippen MR) is 191 cm³/mol. The van der Waals surface area contributed by atoms with E-state index in [-0.39, 0.29) is 0 Å². The maximum absolute atomic E-state index is 9.07. The molecule has 0 radical (unpaired) electrons. The normalized spacial score (nSPS) is 16.3. The Morgan fingerprint density at radius 3 is 1.45 bits per heavy atom. The quantitative estimate of drug-likeness (QED) is 0.271. The van der Waals surface area contributed by atoms with Gasteiger partial charge in [0.1, 0.15) is 8.07 Å². The summed E-state index contributed by atoms with van der Waals surface area (Å²) in [4.78, 5) is 4.59. The highest BCUT2D eigenvalue weighted by Gasteiger charge is 2.10. The van der Waals surface area contributed by atoms with Crippen LogP contribution in [0.5, 0.6) is 0 Å². The molecule has 0 atom stereocenters. The van der Waals surface area contributed by atoms with Crippen LogP contribution in [0.2, 0.25) is 19.6 Å². The Hall–Kier alpha value is -3.91. The van der Waals surface area contributed by atoms with Crippen LogP contribution in [-0.2, 0) is 25.5 Å². The molecule has 0 N–H and O–H groups in total. The Balaban J connectivity index is 1.26. The van der Waals surface area contributed by atoms with Gasteiger partial charge in [0, 0.05) is 55.1 Å². The number of hydrogen-bond donors (Lipinski definition) is 0. The molecule has 47 heavy (non-hydrogen) atoms. The van der Waals surface area contributed by atoms with E-state index in [0.717, 1.165) is 60.7 Å². The van der Waals surface area contributed by atoms with Gasteiger partial charge in [-0.3, -0.25) is 4.90 Å². The zero-order chi connectivity index (χ0) is 33.2. The van der Waals surface area contributed by atoms with Gasteiger partial charge >= 0.3 is 0 Å². The molecule has 8 heteroatoms. The van der Waals surface area contributed by atoms with Gasteiger partial charge in [0.2, 0.25) is 0 Å². The van der Waals surface area contributed by atoms with Crippen molar-refractivity contribution in [3.63, 3.8) is 0 Å². The highest BCUT2D eigenvalue weighted by Crippen LogP contribution is 2.15. The Bertz CT molecular complexity index is 1500. The maximum atomic E-state index is 9.07. The van der Waals surface area contributed by atoms with E-state index in [9.17, 15) is 0 Å². The summed E-state index contributed by atoms with van der Waals surface area (Å²) in [7, 11) is -1.39. The molecule has 3 aromatic carbocycles. The van der Waals surface area contributed by atoms with Crippen molar-refractivity contribution in [2.24, 2.45) is 0 Å². The Labute approximate surface area is 282 Å². The van der Waals surface area contributed by atoms with E-state index >= 15 is 0 Å². The Morgan fingerprint density at radius 2 is 0.979 bits per heavy atom. The summed E-state index contributed by atoms with van der Waals surface area (Å²) in [5.41, 5.74) is 9.32. The fraction of sp³-hybridized carbons (Fsp3) is 0.410. The van der Waals surface area contributed by atoms with Crippen LogP contribution in [0.25, 0.3) is 0 Å². The lowest BCUT2D eigenvalue weighted by Crippen LogP contribution is -2.33. The third-order valence-corrected chi connectivity index (χ3v) is 8.27. The molecule has 1 aliphatic heterocycles. The summed E-state index contributed by atoms with van der Waals surface area (Å²) >= 11 is 0. The van der Waals surface area contributed by atoms with Gasteiger partial charge in [-0.2, -0.15) is 5.26 Å². The summed E-state index contributed by atoms with van der Waals surface area (Å²) in [6.07, 6.45) is 0. The third-order valence-electron chi connectivity index (χ3n) is 7.40. The second-order valence-corrected chi connectivity index (χ2v) is 17.1. The summed E-state index contributed by atoms with van der Waals surface area (Å²) in [6.45, 7) is 15.2. The predicted octanol–water partition coefficient (Wildman–Crippen LogP) is 5.58. The van der Waals surface area contributed by atoms with Gasteiger partial charge in [-0.1, -0.05) is 49.5 Å². The highest BCUT2D eigenvalue weighted by molar-refractivity contribution is 6.83. The molecule has 0 saturated carbocycles. The van der Waals surface area contributed by atoms with Gasteiger partial charge in [-0.25, -0.2) is 0 Å². The van der Waals surface area contributed by atoms with Crippen molar-refractivity contribution >= 4 is 13.8 Å². The third kappa shape index (κ3) is 14.2. The van der Waals surface area contributed by atoms with E-state index in [1.807, 2.05) is 48.5 Å². The van der Waals surface area contributed by atoms with Crippen LogP contribution in [0, 0.1) is 34.6 Å². The topological polar surface area (TPSA) is 67.2 Å². The molecule has 0 bridgehead atoms. The molecule has 0 amide bonds. The smallest absolute Gasteiger partial charge is 0.129 e. The van der Waals surface area contributed by atoms with Crippen LogP contribution in [0.15, 0.2) is 72.8 Å². The first kappa shape index (κ1) is 35.9. The van der Waals surface area contributed by atoms with Crippen LogP contribution in [0.1, 0.15) is 27.8 Å². The van der Waals surface area contributed by atoms with Crippen molar-refractivity contribution in [1.82, 2.24) is 4.90 Å². The molecule has 1 fully saturated rings. The van der Waals surface area contributed by atoms with Gasteiger partial charge in [0.15, 0.2) is 0 Å². The lowest BCUT2D eigenvalue weighted by molar-refractivity contribution is 0.0211. The van der Waals surface area contributed by atoms with Crippen molar-refractivity contribution in [1.29, 1.82) is 5.26 Å². The standard InChI is InChI=1S/C39H47N3O4Si/c1-47(2,3)31-18-36-8-6-34(7-9-36)4-5-35-14-16-39(17-15-35)42-21-25-45-29-27-43-23-19-41(20-24-44-28-30-46-26-22-42)33-38-12-10-37(32-40)11-13-38/h6-17H,19-30,33H2,1-3H3. The summed E-state index contributed by atoms with van der Waals surface area (Å²) in [5.74, 6) is 9.85. The van der Waals surface area contributed by atoms with Crippen LogP contribution in [0.4, 0.5) is 5.69 Å². The van der Waals surface area contributed by atoms with Crippen molar-refractivity contribution in [3.05, 3.63) is 101 Å². The number of anilines is 1. The van der Waals surface area contributed by atoms with Crippen LogP contribution in [-0.4, -0.2) is 92.0 Å². The molecular formula is C39H47N3O4Si. The van der Waals surface area contributed by atoms with Gasteiger partial charge in [0.05, 0.1) is 64.5 Å². The van der Waals surface area contributed by atoms with Crippen LogP contribution >= 0.6 is 0 Å². The minimum absolute atomic E-state index is 0.545. The highest BCUT2D eigenvalue weighted by atomic mass is 28.3. The van der Waals surface area contributed by atoms with E-state index in [2.05, 4.69) is 83.1 Å². The largest absolute Gasteiger partial charge is 0.378 e. The average molecular weight is 650 g/mol. The first-order chi connectivity index (χ1) is 22.9. The monoisotopic (exact) mass is 649 g/mol. The van der Waals surface area contributed by atoms with Gasteiger partial charge in [0.25, 0.3) is 0 Å². The number of benzene rings is 3. The molecule has 1 aliphatic rings. The Kier molecular flexibility index (Phi) is 15.0. The van der Waals surface area contributed by atoms with E-state index < -0.39 is 8.07 Å². The molecule has 4 rings (SSSR count). The average Bonchev–Trinajstić information content (AvgIpc) is 3.08. The molecule has 0 unspecified atom stereocenters. The second-order valence-electron chi connectivity index (χ2n) is 12.4. The lowest BCUT2D eigenvalue weighted by Gasteiger charge is -2.25. The molecule has 0 aliphatic carbocycles. The molecule has 1 saturated heterocycles. The Morgan fingerprint density at radius 1 is 0.553 bits per heavy atom. The summed E-state index contributed by atoms with van der Waals surface area (Å²) in [5, 5.41) is 9.07. The second kappa shape index (κ2) is 19.7. The summed E-state index contributed by atoms with van der Waals surface area (Å²) in [6, 6.07) is 26.4. The number of hydrogen-bond acceptors (Lipinski definition) is 7. The molecule has 0 spiro atoms. The number of rotatable bonds is 3. The first-order valence-electron chi connectivity index (χ1n) is 16.4. The molecule has 246 valence electrons. The van der Waals surface area contributed by atoms with Crippen molar-refractivity contribution in [3.8, 4) is 29.4 Å². The van der Waals surface area contributed by atoms with Crippen LogP contribution in [0.3, 0.4) is 0 Å². The molecular weight excluding hydrogens is 603 g/mol. The zero-order valence-electron chi connectivity index (χ0n) is 28.1.